The van der Waals surface area contributed by atoms with Crippen LogP contribution in [0.2, 0.25) is 0 Å². The molecule has 0 amide bonds. The van der Waals surface area contributed by atoms with Crippen LogP contribution in [0.5, 0.6) is 0 Å². The van der Waals surface area contributed by atoms with Crippen LogP contribution in [0.25, 0.3) is 0 Å². The first-order chi connectivity index (χ1) is 4.47. The van der Waals surface area contributed by atoms with Gasteiger partial charge in [-0.25, -0.2) is 0 Å². The van der Waals surface area contributed by atoms with Crippen molar-refractivity contribution in [2.24, 2.45) is 4.99 Å². The fourth-order valence-corrected chi connectivity index (χ4v) is 0.924. The van der Waals surface area contributed by atoms with Gasteiger partial charge in [0.1, 0.15) is 0 Å². The van der Waals surface area contributed by atoms with Gasteiger partial charge < -0.3 is 0 Å². The molecule has 0 N–H and O–H groups in total. The minimum absolute atomic E-state index is 0.820. The van der Waals surface area contributed by atoms with Gasteiger partial charge in [0.15, 0.2) is 0 Å². The molecule has 1 nitrogen and oxygen atoms in total. The van der Waals surface area contributed by atoms with Gasteiger partial charge in [-0.1, -0.05) is 12.1 Å². The molecule has 0 unspecified atom stereocenters. The van der Waals surface area contributed by atoms with Gasteiger partial charge in [-0.2, -0.15) is 0 Å². The van der Waals surface area contributed by atoms with E-state index in [9.17, 15) is 0 Å². The van der Waals surface area contributed by atoms with Crippen molar-refractivity contribution < 1.29 is 0 Å². The number of nitrogens with zero attached hydrogens (tertiary/aromatic N) is 1. The molecule has 0 aromatic heterocycles. The zero-order valence-corrected chi connectivity index (χ0v) is 4.89. The SMILES string of the molecule is c1cc2c(cc#1)CN=C2. The Hall–Kier alpha value is -1.29. The third-order valence-electron chi connectivity index (χ3n) is 1.42. The molecule has 0 fully saturated rings. The van der Waals surface area contributed by atoms with Gasteiger partial charge in [0.2, 0.25) is 0 Å². The highest BCUT2D eigenvalue weighted by Crippen LogP contribution is 2.10. The standard InChI is InChI=1S/C8H5N/c1-2-4-8-6-9-5-7(8)3-1/h3-5H,6H2. The highest BCUT2D eigenvalue weighted by Gasteiger charge is 2.01. The van der Waals surface area contributed by atoms with Crippen LogP contribution in [-0.2, 0) is 6.54 Å². The van der Waals surface area contributed by atoms with E-state index in [1.54, 1.807) is 0 Å². The maximum absolute atomic E-state index is 4.09. The Kier molecular flexibility index (Phi) is 0.811. The molecule has 9 heavy (non-hydrogen) atoms. The predicted octanol–water partition coefficient (Wildman–Crippen LogP) is 1.22. The second kappa shape index (κ2) is 1.60. The van der Waals surface area contributed by atoms with E-state index >= 15 is 0 Å². The van der Waals surface area contributed by atoms with Crippen molar-refractivity contribution >= 4 is 6.21 Å². The van der Waals surface area contributed by atoms with E-state index in [2.05, 4.69) is 17.1 Å². The molecule has 1 heterocycles. The van der Waals surface area contributed by atoms with Gasteiger partial charge in [0.25, 0.3) is 0 Å². The number of fused-ring (bicyclic) bond motifs is 1. The van der Waals surface area contributed by atoms with E-state index in [0.29, 0.717) is 0 Å². The van der Waals surface area contributed by atoms with E-state index in [1.165, 1.54) is 11.1 Å². The quantitative estimate of drug-likeness (QED) is 0.482. The molecule has 0 saturated carbocycles. The first-order valence-corrected chi connectivity index (χ1v) is 2.87. The maximum atomic E-state index is 4.09. The highest BCUT2D eigenvalue weighted by atomic mass is 14.7. The topological polar surface area (TPSA) is 12.4 Å². The summed E-state index contributed by atoms with van der Waals surface area (Å²) in [7, 11) is 0. The van der Waals surface area contributed by atoms with Crippen LogP contribution in [0.15, 0.2) is 17.1 Å². The average molecular weight is 115 g/mol. The lowest BCUT2D eigenvalue weighted by Gasteiger charge is -1.86. The van der Waals surface area contributed by atoms with Crippen molar-refractivity contribution in [2.75, 3.05) is 0 Å². The zero-order chi connectivity index (χ0) is 6.10. The van der Waals surface area contributed by atoms with Crippen LogP contribution in [0.4, 0.5) is 0 Å². The summed E-state index contributed by atoms with van der Waals surface area (Å²) in [6.45, 7) is 0.820. The molecule has 0 bridgehead atoms. The molecule has 1 aliphatic rings. The van der Waals surface area contributed by atoms with Gasteiger partial charge in [0.05, 0.1) is 6.54 Å². The molecule has 2 rings (SSSR count). The van der Waals surface area contributed by atoms with Gasteiger partial charge >= 0.3 is 0 Å². The third-order valence-corrected chi connectivity index (χ3v) is 1.42. The molecule has 0 spiro atoms. The summed E-state index contributed by atoms with van der Waals surface area (Å²) in [5.41, 5.74) is 2.45. The van der Waals surface area contributed by atoms with E-state index in [0.717, 1.165) is 6.54 Å². The van der Waals surface area contributed by atoms with Gasteiger partial charge in [-0.05, 0) is 17.7 Å². The van der Waals surface area contributed by atoms with E-state index in [-0.39, 0.29) is 0 Å². The summed E-state index contributed by atoms with van der Waals surface area (Å²) >= 11 is 0. The molecule has 0 atom stereocenters. The fraction of sp³-hybridized carbons (Fsp3) is 0.125. The van der Waals surface area contributed by atoms with Crippen LogP contribution in [0, 0.1) is 12.1 Å². The Labute approximate surface area is 54.1 Å². The summed E-state index contributed by atoms with van der Waals surface area (Å²) in [5.74, 6) is 0. The van der Waals surface area contributed by atoms with Crippen molar-refractivity contribution in [3.8, 4) is 0 Å². The van der Waals surface area contributed by atoms with Crippen molar-refractivity contribution in [1.82, 2.24) is 0 Å². The normalized spacial score (nSPS) is 12.9. The molecule has 1 aliphatic heterocycles. The van der Waals surface area contributed by atoms with E-state index in [4.69, 9.17) is 0 Å². The zero-order valence-electron chi connectivity index (χ0n) is 4.89. The highest BCUT2D eigenvalue weighted by molar-refractivity contribution is 5.83. The number of aliphatic imine (C=N–C) groups is 1. The first kappa shape index (κ1) is 4.58. The molecular weight excluding hydrogens is 110 g/mol. The van der Waals surface area contributed by atoms with Crippen molar-refractivity contribution in [2.45, 2.75) is 6.54 Å². The smallest absolute Gasteiger partial charge is 0.0652 e. The second-order valence-corrected chi connectivity index (χ2v) is 2.03. The number of hydrogen-bond acceptors (Lipinski definition) is 1. The van der Waals surface area contributed by atoms with Gasteiger partial charge in [0, 0.05) is 11.8 Å². The maximum Gasteiger partial charge on any atom is 0.0652 e. The Bertz CT molecular complexity index is 250. The molecule has 1 heteroatoms. The lowest BCUT2D eigenvalue weighted by Crippen LogP contribution is -1.78. The molecule has 42 valence electrons. The second-order valence-electron chi connectivity index (χ2n) is 2.03. The predicted molar refractivity (Wildman–Crippen MR) is 35.4 cm³/mol. The lowest BCUT2D eigenvalue weighted by atomic mass is 10.2. The largest absolute Gasteiger partial charge is 0.288 e. The van der Waals surface area contributed by atoms with Crippen LogP contribution in [0.3, 0.4) is 0 Å². The van der Waals surface area contributed by atoms with Crippen molar-refractivity contribution in [3.05, 3.63) is 35.4 Å². The summed E-state index contributed by atoms with van der Waals surface area (Å²) in [6.07, 6.45) is 1.87. The molecule has 1 aromatic rings. The molecule has 0 radical (unpaired) electrons. The molecule has 0 aliphatic carbocycles. The van der Waals surface area contributed by atoms with Crippen LogP contribution in [-0.4, -0.2) is 6.21 Å². The minimum Gasteiger partial charge on any atom is -0.288 e. The minimum atomic E-state index is 0.820. The fourth-order valence-electron chi connectivity index (χ4n) is 0.924. The molecule has 0 saturated heterocycles. The summed E-state index contributed by atoms with van der Waals surface area (Å²) in [6, 6.07) is 9.61. The van der Waals surface area contributed by atoms with Gasteiger partial charge in [-0.3, -0.25) is 4.99 Å². The Morgan fingerprint density at radius 1 is 1.33 bits per heavy atom. The number of hydrogen-bond donors (Lipinski definition) is 0. The Morgan fingerprint density at radius 2 is 2.22 bits per heavy atom. The Balaban J connectivity index is 2.63. The third kappa shape index (κ3) is 0.603. The molecular formula is C8H5N. The van der Waals surface area contributed by atoms with Crippen molar-refractivity contribution in [1.29, 1.82) is 0 Å². The van der Waals surface area contributed by atoms with E-state index < -0.39 is 0 Å². The number of rotatable bonds is 0. The Morgan fingerprint density at radius 3 is 3.11 bits per heavy atom. The monoisotopic (exact) mass is 115 g/mol. The summed E-state index contributed by atoms with van der Waals surface area (Å²) < 4.78 is 0. The van der Waals surface area contributed by atoms with Crippen LogP contribution in [0.1, 0.15) is 11.1 Å². The summed E-state index contributed by atoms with van der Waals surface area (Å²) in [4.78, 5) is 4.09. The van der Waals surface area contributed by atoms with Crippen LogP contribution < -0.4 is 0 Å². The summed E-state index contributed by atoms with van der Waals surface area (Å²) in [5, 5.41) is 0. The van der Waals surface area contributed by atoms with Gasteiger partial charge in [-0.15, -0.1) is 0 Å². The van der Waals surface area contributed by atoms with Crippen molar-refractivity contribution in [3.63, 3.8) is 0 Å². The first-order valence-electron chi connectivity index (χ1n) is 2.87. The average Bonchev–Trinajstić information content (AvgIpc) is 2.33. The van der Waals surface area contributed by atoms with E-state index in [1.807, 2.05) is 18.3 Å². The molecule has 1 aromatic carbocycles. The lowest BCUT2D eigenvalue weighted by molar-refractivity contribution is 1.11. The van der Waals surface area contributed by atoms with Crippen LogP contribution >= 0.6 is 0 Å².